The molecule has 0 unspecified atom stereocenters. The normalized spacial score (nSPS) is 16.5. The van der Waals surface area contributed by atoms with Crippen LogP contribution in [0.1, 0.15) is 47.0 Å². The molecule has 1 saturated carbocycles. The molecule has 0 saturated heterocycles. The summed E-state index contributed by atoms with van der Waals surface area (Å²) in [5, 5.41) is 0. The molecule has 1 heteroatoms. The third-order valence-electron chi connectivity index (χ3n) is 1.64. The molecule has 0 bridgehead atoms. The molecule has 1 rings (SSSR count). The highest BCUT2D eigenvalue weighted by molar-refractivity contribution is 5.21. The van der Waals surface area contributed by atoms with Gasteiger partial charge in [0.25, 0.3) is 0 Å². The Morgan fingerprint density at radius 3 is 2.18 bits per heavy atom. The molecule has 0 aliphatic heterocycles. The molecule has 1 aliphatic carbocycles. The SMILES string of the molecule is CCC(OC(C)(C)C)=C1CC1. The minimum absolute atomic E-state index is 0.0130. The van der Waals surface area contributed by atoms with Crippen molar-refractivity contribution in [2.24, 2.45) is 0 Å². The van der Waals surface area contributed by atoms with Crippen LogP contribution in [0.3, 0.4) is 0 Å². The van der Waals surface area contributed by atoms with Gasteiger partial charge in [-0.05, 0) is 39.2 Å². The third kappa shape index (κ3) is 2.96. The zero-order chi connectivity index (χ0) is 8.48. The molecule has 0 aromatic rings. The van der Waals surface area contributed by atoms with Crippen molar-refractivity contribution in [1.29, 1.82) is 0 Å². The van der Waals surface area contributed by atoms with Crippen LogP contribution in [0.5, 0.6) is 0 Å². The largest absolute Gasteiger partial charge is 0.493 e. The first-order valence-electron chi connectivity index (χ1n) is 4.43. The lowest BCUT2D eigenvalue weighted by Crippen LogP contribution is -2.18. The van der Waals surface area contributed by atoms with Crippen molar-refractivity contribution in [3.05, 3.63) is 11.3 Å². The predicted molar refractivity (Wildman–Crippen MR) is 47.4 cm³/mol. The van der Waals surface area contributed by atoms with E-state index >= 15 is 0 Å². The lowest BCUT2D eigenvalue weighted by molar-refractivity contribution is 0.0471. The average Bonchev–Trinajstić information content (AvgIpc) is 2.61. The molecule has 0 heterocycles. The van der Waals surface area contributed by atoms with E-state index in [-0.39, 0.29) is 5.60 Å². The molecule has 0 spiro atoms. The van der Waals surface area contributed by atoms with Gasteiger partial charge in [0.1, 0.15) is 5.60 Å². The summed E-state index contributed by atoms with van der Waals surface area (Å²) in [6.07, 6.45) is 3.57. The number of hydrogen-bond donors (Lipinski definition) is 0. The van der Waals surface area contributed by atoms with E-state index in [2.05, 4.69) is 27.7 Å². The van der Waals surface area contributed by atoms with Gasteiger partial charge in [-0.15, -0.1) is 0 Å². The van der Waals surface area contributed by atoms with Crippen LogP contribution in [0, 0.1) is 0 Å². The maximum Gasteiger partial charge on any atom is 0.100 e. The predicted octanol–water partition coefficient (Wildman–Crippen LogP) is 3.26. The Labute approximate surface area is 69.4 Å². The van der Waals surface area contributed by atoms with E-state index in [9.17, 15) is 0 Å². The van der Waals surface area contributed by atoms with Crippen LogP contribution in [0.25, 0.3) is 0 Å². The Balaban J connectivity index is 2.53. The van der Waals surface area contributed by atoms with Gasteiger partial charge in [0.2, 0.25) is 0 Å². The van der Waals surface area contributed by atoms with Gasteiger partial charge in [-0.3, -0.25) is 0 Å². The van der Waals surface area contributed by atoms with Crippen molar-refractivity contribution >= 4 is 0 Å². The third-order valence-corrected chi connectivity index (χ3v) is 1.64. The Morgan fingerprint density at radius 1 is 1.36 bits per heavy atom. The second kappa shape index (κ2) is 2.88. The van der Waals surface area contributed by atoms with Crippen LogP contribution in [-0.2, 0) is 4.74 Å². The second-order valence-electron chi connectivity index (χ2n) is 4.09. The summed E-state index contributed by atoms with van der Waals surface area (Å²) in [5.41, 5.74) is 1.52. The molecule has 1 aliphatic rings. The molecule has 0 amide bonds. The summed E-state index contributed by atoms with van der Waals surface area (Å²) in [7, 11) is 0. The molecule has 0 radical (unpaired) electrons. The van der Waals surface area contributed by atoms with Crippen LogP contribution in [-0.4, -0.2) is 5.60 Å². The quantitative estimate of drug-likeness (QED) is 0.555. The highest BCUT2D eigenvalue weighted by Gasteiger charge is 2.21. The molecule has 0 N–H and O–H groups in total. The first-order valence-corrected chi connectivity index (χ1v) is 4.43. The van der Waals surface area contributed by atoms with Gasteiger partial charge >= 0.3 is 0 Å². The van der Waals surface area contributed by atoms with Crippen molar-refractivity contribution in [2.45, 2.75) is 52.6 Å². The van der Waals surface area contributed by atoms with Gasteiger partial charge in [0, 0.05) is 6.42 Å². The van der Waals surface area contributed by atoms with E-state index in [0.29, 0.717) is 0 Å². The lowest BCUT2D eigenvalue weighted by Gasteiger charge is -2.22. The fourth-order valence-electron chi connectivity index (χ4n) is 1.11. The van der Waals surface area contributed by atoms with Crippen LogP contribution >= 0.6 is 0 Å². The standard InChI is InChI=1S/C10H18O/c1-5-9(8-6-7-8)11-10(2,3)4/h5-7H2,1-4H3. The Hall–Kier alpha value is -0.460. The Kier molecular flexibility index (Phi) is 2.26. The summed E-state index contributed by atoms with van der Waals surface area (Å²) < 4.78 is 5.79. The van der Waals surface area contributed by atoms with E-state index in [1.165, 1.54) is 24.2 Å². The molecular formula is C10H18O. The van der Waals surface area contributed by atoms with Gasteiger partial charge in [0.15, 0.2) is 0 Å². The van der Waals surface area contributed by atoms with Crippen molar-refractivity contribution in [3.8, 4) is 0 Å². The fourth-order valence-corrected chi connectivity index (χ4v) is 1.11. The molecule has 0 aromatic carbocycles. The topological polar surface area (TPSA) is 9.23 Å². The van der Waals surface area contributed by atoms with E-state index in [1.807, 2.05) is 0 Å². The van der Waals surface area contributed by atoms with Crippen LogP contribution in [0.15, 0.2) is 11.3 Å². The molecular weight excluding hydrogens is 136 g/mol. The number of rotatable bonds is 2. The second-order valence-corrected chi connectivity index (χ2v) is 4.09. The van der Waals surface area contributed by atoms with Gasteiger partial charge in [-0.1, -0.05) is 6.92 Å². The molecule has 11 heavy (non-hydrogen) atoms. The Morgan fingerprint density at radius 2 is 1.91 bits per heavy atom. The minimum atomic E-state index is -0.0130. The summed E-state index contributed by atoms with van der Waals surface area (Å²) in [6.45, 7) is 8.47. The molecule has 1 fully saturated rings. The van der Waals surface area contributed by atoms with Gasteiger partial charge in [-0.2, -0.15) is 0 Å². The van der Waals surface area contributed by atoms with Crippen LogP contribution in [0.2, 0.25) is 0 Å². The maximum absolute atomic E-state index is 5.79. The molecule has 0 atom stereocenters. The van der Waals surface area contributed by atoms with E-state index in [0.717, 1.165) is 6.42 Å². The lowest BCUT2D eigenvalue weighted by atomic mass is 10.2. The summed E-state index contributed by atoms with van der Waals surface area (Å²) >= 11 is 0. The van der Waals surface area contributed by atoms with Gasteiger partial charge < -0.3 is 4.74 Å². The number of allylic oxidation sites excluding steroid dienone is 2. The van der Waals surface area contributed by atoms with Crippen molar-refractivity contribution in [2.75, 3.05) is 0 Å². The first kappa shape index (κ1) is 8.63. The highest BCUT2D eigenvalue weighted by atomic mass is 16.5. The number of hydrogen-bond acceptors (Lipinski definition) is 1. The van der Waals surface area contributed by atoms with Gasteiger partial charge in [-0.25, -0.2) is 0 Å². The minimum Gasteiger partial charge on any atom is -0.493 e. The smallest absolute Gasteiger partial charge is 0.100 e. The van der Waals surface area contributed by atoms with Gasteiger partial charge in [0.05, 0.1) is 5.76 Å². The number of ether oxygens (including phenoxy) is 1. The zero-order valence-electron chi connectivity index (χ0n) is 8.03. The first-order chi connectivity index (χ1) is 5.03. The van der Waals surface area contributed by atoms with E-state index in [1.54, 1.807) is 0 Å². The average molecular weight is 154 g/mol. The van der Waals surface area contributed by atoms with Crippen LogP contribution in [0.4, 0.5) is 0 Å². The fraction of sp³-hybridized carbons (Fsp3) is 0.800. The van der Waals surface area contributed by atoms with E-state index < -0.39 is 0 Å². The van der Waals surface area contributed by atoms with Crippen LogP contribution < -0.4 is 0 Å². The summed E-state index contributed by atoms with van der Waals surface area (Å²) in [5.74, 6) is 1.23. The summed E-state index contributed by atoms with van der Waals surface area (Å²) in [4.78, 5) is 0. The maximum atomic E-state index is 5.79. The van der Waals surface area contributed by atoms with Crippen molar-refractivity contribution in [3.63, 3.8) is 0 Å². The molecule has 1 nitrogen and oxygen atoms in total. The van der Waals surface area contributed by atoms with Crippen molar-refractivity contribution < 1.29 is 4.74 Å². The van der Waals surface area contributed by atoms with E-state index in [4.69, 9.17) is 4.74 Å². The Bertz CT molecular complexity index is 166. The summed E-state index contributed by atoms with van der Waals surface area (Å²) in [6, 6.07) is 0. The zero-order valence-corrected chi connectivity index (χ0v) is 8.03. The molecule has 0 aromatic heterocycles. The van der Waals surface area contributed by atoms with Crippen molar-refractivity contribution in [1.82, 2.24) is 0 Å². The monoisotopic (exact) mass is 154 g/mol. The highest BCUT2D eigenvalue weighted by Crippen LogP contribution is 2.35. The molecule has 64 valence electrons.